The van der Waals surface area contributed by atoms with Crippen LogP contribution in [-0.2, 0) is 9.53 Å². The van der Waals surface area contributed by atoms with Gasteiger partial charge in [0.1, 0.15) is 6.10 Å². The first-order valence-corrected chi connectivity index (χ1v) is 14.3. The molecule has 0 radical (unpaired) electrons. The zero-order valence-electron chi connectivity index (χ0n) is 22.7. The van der Waals surface area contributed by atoms with Gasteiger partial charge < -0.3 is 9.84 Å². The van der Waals surface area contributed by atoms with Gasteiger partial charge in [0.15, 0.2) is 0 Å². The molecule has 0 aromatic rings. The van der Waals surface area contributed by atoms with Crippen LogP contribution in [0.5, 0.6) is 0 Å². The van der Waals surface area contributed by atoms with Gasteiger partial charge in [-0.25, -0.2) is 0 Å². The molecule has 4 fully saturated rings. The summed E-state index contributed by atoms with van der Waals surface area (Å²) in [7, 11) is 0. The number of carbonyl (C=O) groups is 1. The third kappa shape index (κ3) is 4.54. The number of ether oxygens (including phenoxy) is 1. The maximum atomic E-state index is 11.5. The summed E-state index contributed by atoms with van der Waals surface area (Å²) in [5.74, 6) is 5.11. The number of rotatable bonds is 6. The first kappa shape index (κ1) is 25.5. The SMILES string of the molecule is CC(=O)O[C@H]1CC[C@@]2(C)[C@@H](CC[C@@H]3[C@@H]2CC[C@]2(C)[C@@H]([C@H](C)CC[C@](C)(O)C(C)C)CC[C@@H]32)C1. The van der Waals surface area contributed by atoms with E-state index >= 15 is 0 Å². The van der Waals surface area contributed by atoms with E-state index in [4.69, 9.17) is 4.74 Å². The Labute approximate surface area is 203 Å². The summed E-state index contributed by atoms with van der Waals surface area (Å²) in [6, 6.07) is 0. The van der Waals surface area contributed by atoms with Crippen molar-refractivity contribution in [3.05, 3.63) is 0 Å². The molecule has 4 saturated carbocycles. The Bertz CT molecular complexity index is 713. The second-order valence-corrected chi connectivity index (χ2v) is 13.9. The molecule has 3 heteroatoms. The second-order valence-electron chi connectivity index (χ2n) is 13.9. The zero-order chi connectivity index (χ0) is 24.2. The fraction of sp³-hybridized carbons (Fsp3) is 0.967. The van der Waals surface area contributed by atoms with Crippen LogP contribution in [0.15, 0.2) is 0 Å². The molecule has 0 saturated heterocycles. The lowest BCUT2D eigenvalue weighted by atomic mass is 9.44. The molecule has 33 heavy (non-hydrogen) atoms. The van der Waals surface area contributed by atoms with E-state index in [9.17, 15) is 9.90 Å². The summed E-state index contributed by atoms with van der Waals surface area (Å²) in [4.78, 5) is 11.5. The minimum Gasteiger partial charge on any atom is -0.463 e. The average Bonchev–Trinajstić information content (AvgIpc) is 3.09. The third-order valence-corrected chi connectivity index (χ3v) is 12.1. The van der Waals surface area contributed by atoms with Crippen LogP contribution in [-0.4, -0.2) is 22.8 Å². The lowest BCUT2D eigenvalue weighted by Gasteiger charge is -2.61. The van der Waals surface area contributed by atoms with Gasteiger partial charge >= 0.3 is 5.97 Å². The summed E-state index contributed by atoms with van der Waals surface area (Å²) < 4.78 is 5.65. The molecule has 0 aliphatic heterocycles. The molecule has 4 rings (SSSR count). The van der Waals surface area contributed by atoms with Crippen molar-refractivity contribution in [3.8, 4) is 0 Å². The van der Waals surface area contributed by atoms with Gasteiger partial charge in [-0.2, -0.15) is 0 Å². The summed E-state index contributed by atoms with van der Waals surface area (Å²) in [5, 5.41) is 10.8. The maximum Gasteiger partial charge on any atom is 0.302 e. The standard InChI is InChI=1S/C30H52O3/c1-19(2)30(7,32)17-12-20(3)25-10-11-26-24-9-8-22-18-23(33-21(4)31)13-15-28(22,5)27(24)14-16-29(25,26)6/h19-20,22-27,32H,8-18H2,1-7H3/t20-,22+,23+,24+,25-,26+,27+,28+,29-,30+/m1/s1. The van der Waals surface area contributed by atoms with Gasteiger partial charge in [-0.3, -0.25) is 4.79 Å². The molecule has 0 heterocycles. The summed E-state index contributed by atoms with van der Waals surface area (Å²) in [5.41, 5.74) is 0.395. The molecule has 0 spiro atoms. The summed E-state index contributed by atoms with van der Waals surface area (Å²) >= 11 is 0. The number of fused-ring (bicyclic) bond motifs is 5. The minimum atomic E-state index is -0.539. The predicted octanol–water partition coefficient (Wildman–Crippen LogP) is 7.40. The van der Waals surface area contributed by atoms with Gasteiger partial charge in [-0.05, 0) is 130 Å². The number of hydrogen-bond acceptors (Lipinski definition) is 3. The van der Waals surface area contributed by atoms with Gasteiger partial charge in [0.2, 0.25) is 0 Å². The van der Waals surface area contributed by atoms with Crippen LogP contribution in [0.4, 0.5) is 0 Å². The van der Waals surface area contributed by atoms with Gasteiger partial charge in [-0.1, -0.05) is 34.6 Å². The molecule has 4 aliphatic rings. The van der Waals surface area contributed by atoms with E-state index in [1.165, 1.54) is 44.9 Å². The summed E-state index contributed by atoms with van der Waals surface area (Å²) in [6.07, 6.45) is 14.0. The highest BCUT2D eigenvalue weighted by Gasteiger charge is 2.60. The van der Waals surface area contributed by atoms with Crippen LogP contribution >= 0.6 is 0 Å². The molecule has 0 aromatic heterocycles. The average molecular weight is 461 g/mol. The van der Waals surface area contributed by atoms with Crippen molar-refractivity contribution < 1.29 is 14.6 Å². The van der Waals surface area contributed by atoms with Gasteiger partial charge in [-0.15, -0.1) is 0 Å². The minimum absolute atomic E-state index is 0.105. The topological polar surface area (TPSA) is 46.5 Å². The van der Waals surface area contributed by atoms with E-state index in [2.05, 4.69) is 34.6 Å². The van der Waals surface area contributed by atoms with Crippen LogP contribution in [0, 0.1) is 52.3 Å². The van der Waals surface area contributed by atoms with Crippen LogP contribution in [0.2, 0.25) is 0 Å². The lowest BCUT2D eigenvalue weighted by Crippen LogP contribution is -2.54. The maximum absolute atomic E-state index is 11.5. The summed E-state index contributed by atoms with van der Waals surface area (Å²) in [6.45, 7) is 15.6. The van der Waals surface area contributed by atoms with Crippen molar-refractivity contribution in [3.63, 3.8) is 0 Å². The first-order chi connectivity index (χ1) is 15.4. The molecular formula is C30H52O3. The normalized spacial score (nSPS) is 45.5. The third-order valence-electron chi connectivity index (χ3n) is 12.1. The molecule has 0 amide bonds. The lowest BCUT2D eigenvalue weighted by molar-refractivity contribution is -0.160. The Morgan fingerprint density at radius 1 is 1.00 bits per heavy atom. The predicted molar refractivity (Wildman–Crippen MR) is 135 cm³/mol. The molecule has 0 aromatic carbocycles. The number of carbonyl (C=O) groups excluding carboxylic acids is 1. The van der Waals surface area contributed by atoms with Crippen LogP contribution in [0.25, 0.3) is 0 Å². The van der Waals surface area contributed by atoms with Crippen molar-refractivity contribution in [2.75, 3.05) is 0 Å². The Morgan fingerprint density at radius 2 is 1.67 bits per heavy atom. The number of aliphatic hydroxyl groups is 1. The van der Waals surface area contributed by atoms with Gasteiger partial charge in [0.25, 0.3) is 0 Å². The Balaban J connectivity index is 1.44. The molecule has 0 unspecified atom stereocenters. The Hall–Kier alpha value is -0.570. The van der Waals surface area contributed by atoms with Crippen LogP contribution in [0.3, 0.4) is 0 Å². The van der Waals surface area contributed by atoms with E-state index in [-0.39, 0.29) is 12.1 Å². The van der Waals surface area contributed by atoms with E-state index in [0.717, 1.165) is 55.3 Å². The first-order valence-electron chi connectivity index (χ1n) is 14.3. The fourth-order valence-corrected chi connectivity index (χ4v) is 9.55. The highest BCUT2D eigenvalue weighted by atomic mass is 16.5. The Morgan fingerprint density at radius 3 is 2.33 bits per heavy atom. The largest absolute Gasteiger partial charge is 0.463 e. The van der Waals surface area contributed by atoms with Crippen molar-refractivity contribution in [2.45, 2.75) is 131 Å². The van der Waals surface area contributed by atoms with E-state index < -0.39 is 5.60 Å². The fourth-order valence-electron chi connectivity index (χ4n) is 9.55. The van der Waals surface area contributed by atoms with Gasteiger partial charge in [0.05, 0.1) is 5.60 Å². The van der Waals surface area contributed by atoms with Crippen molar-refractivity contribution in [1.29, 1.82) is 0 Å². The molecule has 0 bridgehead atoms. The Kier molecular flexibility index (Phi) is 7.07. The van der Waals surface area contributed by atoms with E-state index in [1.807, 2.05) is 6.92 Å². The molecule has 4 aliphatic carbocycles. The molecule has 1 N–H and O–H groups in total. The van der Waals surface area contributed by atoms with Crippen molar-refractivity contribution in [1.82, 2.24) is 0 Å². The van der Waals surface area contributed by atoms with E-state index in [0.29, 0.717) is 22.7 Å². The quantitative estimate of drug-likeness (QED) is 0.420. The van der Waals surface area contributed by atoms with Crippen LogP contribution < -0.4 is 0 Å². The van der Waals surface area contributed by atoms with Gasteiger partial charge in [0, 0.05) is 6.92 Å². The van der Waals surface area contributed by atoms with Crippen LogP contribution in [0.1, 0.15) is 119 Å². The smallest absolute Gasteiger partial charge is 0.302 e. The highest BCUT2D eigenvalue weighted by molar-refractivity contribution is 5.66. The molecular weight excluding hydrogens is 408 g/mol. The van der Waals surface area contributed by atoms with E-state index in [1.54, 1.807) is 6.92 Å². The molecule has 3 nitrogen and oxygen atoms in total. The van der Waals surface area contributed by atoms with Crippen molar-refractivity contribution in [2.24, 2.45) is 52.3 Å². The zero-order valence-corrected chi connectivity index (χ0v) is 22.7. The number of hydrogen-bond donors (Lipinski definition) is 1. The molecule has 190 valence electrons. The van der Waals surface area contributed by atoms with Crippen molar-refractivity contribution >= 4 is 5.97 Å². The highest BCUT2D eigenvalue weighted by Crippen LogP contribution is 2.68. The monoisotopic (exact) mass is 460 g/mol. The molecule has 10 atom stereocenters. The second kappa shape index (κ2) is 9.14. The number of esters is 1.